The van der Waals surface area contributed by atoms with Crippen LogP contribution in [0.15, 0.2) is 40.9 Å². The number of hydrogen-bond donors (Lipinski definition) is 2. The van der Waals surface area contributed by atoms with Crippen LogP contribution in [0.5, 0.6) is 0 Å². The molecule has 0 aliphatic rings. The van der Waals surface area contributed by atoms with Crippen LogP contribution in [0.1, 0.15) is 21.7 Å². The zero-order chi connectivity index (χ0) is 14.5. The standard InChI is InChI=1S/C14H12BrFN2O2/c15-10-4-5-12(16)9(6-10)7-17-8-11-2-1-3-13(18-11)14(19)20/h1-6,17H,7-8H2,(H,19,20). The molecule has 6 heteroatoms. The van der Waals surface area contributed by atoms with Crippen molar-refractivity contribution < 1.29 is 14.3 Å². The minimum atomic E-state index is -1.06. The lowest BCUT2D eigenvalue weighted by Crippen LogP contribution is -2.15. The predicted molar refractivity (Wildman–Crippen MR) is 75.8 cm³/mol. The first-order valence-electron chi connectivity index (χ1n) is 5.90. The van der Waals surface area contributed by atoms with Crippen molar-refractivity contribution in [3.05, 3.63) is 63.6 Å². The summed E-state index contributed by atoms with van der Waals surface area (Å²) in [5.41, 5.74) is 1.13. The lowest BCUT2D eigenvalue weighted by molar-refractivity contribution is 0.0690. The molecule has 0 saturated heterocycles. The van der Waals surface area contributed by atoms with E-state index in [0.717, 1.165) is 4.47 Å². The van der Waals surface area contributed by atoms with E-state index in [2.05, 4.69) is 26.2 Å². The van der Waals surface area contributed by atoms with Crippen LogP contribution in [-0.4, -0.2) is 16.1 Å². The van der Waals surface area contributed by atoms with Crippen molar-refractivity contribution >= 4 is 21.9 Å². The quantitative estimate of drug-likeness (QED) is 0.879. The van der Waals surface area contributed by atoms with Gasteiger partial charge in [0.15, 0.2) is 0 Å². The summed E-state index contributed by atoms with van der Waals surface area (Å²) in [5.74, 6) is -1.35. The first-order valence-corrected chi connectivity index (χ1v) is 6.69. The molecule has 0 spiro atoms. The average molecular weight is 339 g/mol. The van der Waals surface area contributed by atoms with E-state index in [-0.39, 0.29) is 11.5 Å². The molecule has 0 radical (unpaired) electrons. The molecule has 0 bridgehead atoms. The Balaban J connectivity index is 1.97. The van der Waals surface area contributed by atoms with E-state index < -0.39 is 5.97 Å². The molecule has 1 aromatic heterocycles. The number of aromatic carboxylic acids is 1. The summed E-state index contributed by atoms with van der Waals surface area (Å²) < 4.78 is 14.3. The fourth-order valence-electron chi connectivity index (χ4n) is 1.70. The summed E-state index contributed by atoms with van der Waals surface area (Å²) in [5, 5.41) is 11.9. The van der Waals surface area contributed by atoms with Gasteiger partial charge in [-0.05, 0) is 30.3 Å². The highest BCUT2D eigenvalue weighted by molar-refractivity contribution is 9.10. The lowest BCUT2D eigenvalue weighted by Gasteiger charge is -2.07. The van der Waals surface area contributed by atoms with Gasteiger partial charge in [0.05, 0.1) is 5.69 Å². The Labute approximate surface area is 123 Å². The van der Waals surface area contributed by atoms with Crippen molar-refractivity contribution in [3.63, 3.8) is 0 Å². The number of carboxylic acids is 1. The zero-order valence-corrected chi connectivity index (χ0v) is 12.0. The fourth-order valence-corrected chi connectivity index (χ4v) is 2.11. The first-order chi connectivity index (χ1) is 9.56. The van der Waals surface area contributed by atoms with Gasteiger partial charge >= 0.3 is 5.97 Å². The highest BCUT2D eigenvalue weighted by Crippen LogP contribution is 2.15. The average Bonchev–Trinajstić information content (AvgIpc) is 2.43. The molecule has 0 aliphatic heterocycles. The third kappa shape index (κ3) is 3.85. The molecule has 0 fully saturated rings. The van der Waals surface area contributed by atoms with Crippen LogP contribution in [-0.2, 0) is 13.1 Å². The Morgan fingerprint density at radius 3 is 2.85 bits per heavy atom. The summed E-state index contributed by atoms with van der Waals surface area (Å²) in [4.78, 5) is 14.8. The maximum Gasteiger partial charge on any atom is 0.354 e. The Hall–Kier alpha value is -1.79. The van der Waals surface area contributed by atoms with Crippen LogP contribution in [0.25, 0.3) is 0 Å². The molecule has 4 nitrogen and oxygen atoms in total. The number of benzene rings is 1. The fraction of sp³-hybridized carbons (Fsp3) is 0.143. The molecular formula is C14H12BrFN2O2. The number of nitrogens with zero attached hydrogens (tertiary/aromatic N) is 1. The summed E-state index contributed by atoms with van der Waals surface area (Å²) in [7, 11) is 0. The van der Waals surface area contributed by atoms with Gasteiger partial charge in [-0.2, -0.15) is 0 Å². The summed E-state index contributed by atoms with van der Waals surface area (Å²) in [6, 6.07) is 9.51. The van der Waals surface area contributed by atoms with Crippen LogP contribution < -0.4 is 5.32 Å². The summed E-state index contributed by atoms with van der Waals surface area (Å²) in [6.45, 7) is 0.706. The van der Waals surface area contributed by atoms with E-state index in [0.29, 0.717) is 24.3 Å². The maximum atomic E-state index is 13.5. The first kappa shape index (κ1) is 14.6. The highest BCUT2D eigenvalue weighted by atomic mass is 79.9. The van der Waals surface area contributed by atoms with Crippen molar-refractivity contribution in [2.75, 3.05) is 0 Å². The molecule has 0 saturated carbocycles. The second-order valence-electron chi connectivity index (χ2n) is 4.16. The molecule has 0 aliphatic carbocycles. The number of carboxylic acid groups (broad SMARTS) is 1. The van der Waals surface area contributed by atoms with Crippen LogP contribution in [0, 0.1) is 5.82 Å². The normalized spacial score (nSPS) is 10.5. The van der Waals surface area contributed by atoms with Crippen LogP contribution in [0.4, 0.5) is 4.39 Å². The molecule has 0 unspecified atom stereocenters. The van der Waals surface area contributed by atoms with Crippen LogP contribution in [0.2, 0.25) is 0 Å². The van der Waals surface area contributed by atoms with Gasteiger partial charge in [0, 0.05) is 23.1 Å². The van der Waals surface area contributed by atoms with Gasteiger partial charge in [0.1, 0.15) is 11.5 Å². The molecule has 104 valence electrons. The van der Waals surface area contributed by atoms with E-state index in [1.807, 2.05) is 0 Å². The van der Waals surface area contributed by atoms with E-state index >= 15 is 0 Å². The van der Waals surface area contributed by atoms with E-state index in [4.69, 9.17) is 5.11 Å². The molecule has 0 atom stereocenters. The Morgan fingerprint density at radius 1 is 1.30 bits per heavy atom. The number of carbonyl (C=O) groups is 1. The van der Waals surface area contributed by atoms with Crippen molar-refractivity contribution in [1.29, 1.82) is 0 Å². The van der Waals surface area contributed by atoms with Gasteiger partial charge in [-0.15, -0.1) is 0 Å². The molecule has 0 amide bonds. The number of pyridine rings is 1. The number of rotatable bonds is 5. The SMILES string of the molecule is O=C(O)c1cccc(CNCc2cc(Br)ccc2F)n1. The topological polar surface area (TPSA) is 62.2 Å². The largest absolute Gasteiger partial charge is 0.477 e. The number of halogens is 2. The Bertz CT molecular complexity index is 634. The van der Waals surface area contributed by atoms with Gasteiger partial charge in [-0.25, -0.2) is 14.2 Å². The predicted octanol–water partition coefficient (Wildman–Crippen LogP) is 2.97. The molecule has 1 heterocycles. The minimum absolute atomic E-state index is 0.00191. The maximum absolute atomic E-state index is 13.5. The minimum Gasteiger partial charge on any atom is -0.477 e. The van der Waals surface area contributed by atoms with Gasteiger partial charge in [0.25, 0.3) is 0 Å². The zero-order valence-electron chi connectivity index (χ0n) is 10.4. The van der Waals surface area contributed by atoms with Gasteiger partial charge in [-0.3, -0.25) is 0 Å². The van der Waals surface area contributed by atoms with Crippen molar-refractivity contribution in [3.8, 4) is 0 Å². The van der Waals surface area contributed by atoms with Crippen molar-refractivity contribution in [1.82, 2.24) is 10.3 Å². The van der Waals surface area contributed by atoms with Gasteiger partial charge in [0.2, 0.25) is 0 Å². The number of hydrogen-bond acceptors (Lipinski definition) is 3. The molecule has 1 aromatic carbocycles. The number of nitrogens with one attached hydrogen (secondary N) is 1. The molecule has 2 aromatic rings. The molecular weight excluding hydrogens is 327 g/mol. The third-order valence-corrected chi connectivity index (χ3v) is 3.15. The molecule has 20 heavy (non-hydrogen) atoms. The highest BCUT2D eigenvalue weighted by Gasteiger charge is 2.06. The Morgan fingerprint density at radius 2 is 2.10 bits per heavy atom. The summed E-state index contributed by atoms with van der Waals surface area (Å²) in [6.07, 6.45) is 0. The monoisotopic (exact) mass is 338 g/mol. The second-order valence-corrected chi connectivity index (χ2v) is 5.07. The van der Waals surface area contributed by atoms with Crippen molar-refractivity contribution in [2.24, 2.45) is 0 Å². The van der Waals surface area contributed by atoms with E-state index in [9.17, 15) is 9.18 Å². The smallest absolute Gasteiger partial charge is 0.354 e. The number of aromatic nitrogens is 1. The van der Waals surface area contributed by atoms with E-state index in [1.165, 1.54) is 12.1 Å². The summed E-state index contributed by atoms with van der Waals surface area (Å²) >= 11 is 3.29. The molecule has 2 rings (SSSR count). The third-order valence-electron chi connectivity index (χ3n) is 2.66. The van der Waals surface area contributed by atoms with Gasteiger partial charge in [-0.1, -0.05) is 22.0 Å². The van der Waals surface area contributed by atoms with E-state index in [1.54, 1.807) is 24.3 Å². The van der Waals surface area contributed by atoms with Crippen LogP contribution in [0.3, 0.4) is 0 Å². The van der Waals surface area contributed by atoms with Gasteiger partial charge < -0.3 is 10.4 Å². The van der Waals surface area contributed by atoms with Crippen LogP contribution >= 0.6 is 15.9 Å². The lowest BCUT2D eigenvalue weighted by atomic mass is 10.2. The molecule has 2 N–H and O–H groups in total. The Kier molecular flexibility index (Phi) is 4.81. The second kappa shape index (κ2) is 6.58. The van der Waals surface area contributed by atoms with Crippen molar-refractivity contribution in [2.45, 2.75) is 13.1 Å².